The van der Waals surface area contributed by atoms with Crippen LogP contribution in [0.4, 0.5) is 5.69 Å². The number of methoxy groups -OCH3 is 1. The number of nitro benzene ring substituents is 1. The maximum absolute atomic E-state index is 10.7. The average Bonchev–Trinajstić information content (AvgIpc) is 2.26. The van der Waals surface area contributed by atoms with Gasteiger partial charge >= 0.3 is 0 Å². The van der Waals surface area contributed by atoms with Gasteiger partial charge in [-0.25, -0.2) is 0 Å². The SMILES string of the molecule is COc1ccc(C=CC=O)c([N+](=O)[O-])c1. The van der Waals surface area contributed by atoms with Gasteiger partial charge in [-0.3, -0.25) is 14.9 Å². The summed E-state index contributed by atoms with van der Waals surface area (Å²) >= 11 is 0. The molecule has 0 atom stereocenters. The van der Waals surface area contributed by atoms with Gasteiger partial charge in [0.1, 0.15) is 12.0 Å². The molecule has 0 fully saturated rings. The fourth-order valence-electron chi connectivity index (χ4n) is 1.09. The Balaban J connectivity index is 3.20. The molecule has 0 amide bonds. The highest BCUT2D eigenvalue weighted by atomic mass is 16.6. The first-order valence-corrected chi connectivity index (χ1v) is 4.13. The van der Waals surface area contributed by atoms with E-state index in [2.05, 4.69) is 0 Å². The van der Waals surface area contributed by atoms with Gasteiger partial charge in [-0.1, -0.05) is 0 Å². The Bertz CT molecular complexity index is 412. The first-order chi connectivity index (χ1) is 7.19. The van der Waals surface area contributed by atoms with Crippen molar-refractivity contribution in [3.63, 3.8) is 0 Å². The number of benzene rings is 1. The Morgan fingerprint density at radius 1 is 1.47 bits per heavy atom. The maximum atomic E-state index is 10.7. The number of carbonyl (C=O) groups is 1. The second-order valence-corrected chi connectivity index (χ2v) is 2.68. The van der Waals surface area contributed by atoms with E-state index in [0.29, 0.717) is 17.6 Å². The lowest BCUT2D eigenvalue weighted by Crippen LogP contribution is -1.93. The minimum atomic E-state index is -0.521. The Kier molecular flexibility index (Phi) is 3.56. The summed E-state index contributed by atoms with van der Waals surface area (Å²) in [6.07, 6.45) is 3.15. The quantitative estimate of drug-likeness (QED) is 0.327. The van der Waals surface area contributed by atoms with Gasteiger partial charge in [0.15, 0.2) is 0 Å². The molecular weight excluding hydrogens is 198 g/mol. The molecule has 1 rings (SSSR count). The van der Waals surface area contributed by atoms with E-state index in [-0.39, 0.29) is 5.69 Å². The molecule has 0 bridgehead atoms. The van der Waals surface area contributed by atoms with Gasteiger partial charge in [0.2, 0.25) is 0 Å². The molecule has 0 radical (unpaired) electrons. The number of ether oxygens (including phenoxy) is 1. The first kappa shape index (κ1) is 10.9. The maximum Gasteiger partial charge on any atom is 0.280 e. The minimum Gasteiger partial charge on any atom is -0.497 e. The lowest BCUT2D eigenvalue weighted by Gasteiger charge is -2.01. The molecular formula is C10H9NO4. The van der Waals surface area contributed by atoms with Crippen LogP contribution in [0.5, 0.6) is 5.75 Å². The Morgan fingerprint density at radius 2 is 2.20 bits per heavy atom. The molecule has 0 N–H and O–H groups in total. The summed E-state index contributed by atoms with van der Waals surface area (Å²) in [7, 11) is 1.43. The van der Waals surface area contributed by atoms with Crippen LogP contribution in [0.25, 0.3) is 6.08 Å². The van der Waals surface area contributed by atoms with E-state index in [1.54, 1.807) is 6.07 Å². The van der Waals surface area contributed by atoms with Crippen molar-refractivity contribution in [2.45, 2.75) is 0 Å². The number of nitrogens with zero attached hydrogens (tertiary/aromatic N) is 1. The standard InChI is InChI=1S/C10H9NO4/c1-15-9-5-4-8(3-2-6-12)10(7-9)11(13)14/h2-7H,1H3. The van der Waals surface area contributed by atoms with Crippen LogP contribution in [0, 0.1) is 10.1 Å². The monoisotopic (exact) mass is 207 g/mol. The second-order valence-electron chi connectivity index (χ2n) is 2.68. The van der Waals surface area contributed by atoms with E-state index >= 15 is 0 Å². The highest BCUT2D eigenvalue weighted by molar-refractivity contribution is 5.76. The number of aldehydes is 1. The topological polar surface area (TPSA) is 69.4 Å². The number of carbonyl (C=O) groups excluding carboxylic acids is 1. The zero-order valence-electron chi connectivity index (χ0n) is 8.04. The van der Waals surface area contributed by atoms with Gasteiger partial charge in [0.05, 0.1) is 23.7 Å². The summed E-state index contributed by atoms with van der Waals surface area (Å²) in [5, 5.41) is 10.7. The van der Waals surface area contributed by atoms with Crippen LogP contribution < -0.4 is 4.74 Å². The predicted octanol–water partition coefficient (Wildman–Crippen LogP) is 1.82. The summed E-state index contributed by atoms with van der Waals surface area (Å²) in [4.78, 5) is 20.3. The normalized spacial score (nSPS) is 10.2. The van der Waals surface area contributed by atoms with Crippen molar-refractivity contribution in [1.29, 1.82) is 0 Å². The largest absolute Gasteiger partial charge is 0.497 e. The Morgan fingerprint density at radius 3 is 2.73 bits per heavy atom. The lowest BCUT2D eigenvalue weighted by molar-refractivity contribution is -0.385. The molecule has 0 unspecified atom stereocenters. The van der Waals surface area contributed by atoms with Crippen LogP contribution in [0.2, 0.25) is 0 Å². The molecule has 0 aromatic heterocycles. The molecule has 1 aromatic rings. The lowest BCUT2D eigenvalue weighted by atomic mass is 10.1. The molecule has 5 heteroatoms. The highest BCUT2D eigenvalue weighted by Gasteiger charge is 2.12. The van der Waals surface area contributed by atoms with Crippen molar-refractivity contribution < 1.29 is 14.5 Å². The zero-order chi connectivity index (χ0) is 11.3. The van der Waals surface area contributed by atoms with Gasteiger partial charge in [-0.2, -0.15) is 0 Å². The smallest absolute Gasteiger partial charge is 0.280 e. The third-order valence-corrected chi connectivity index (χ3v) is 1.79. The summed E-state index contributed by atoms with van der Waals surface area (Å²) in [5.41, 5.74) is 0.278. The van der Waals surface area contributed by atoms with Gasteiger partial charge in [0.25, 0.3) is 5.69 Å². The van der Waals surface area contributed by atoms with E-state index in [1.807, 2.05) is 0 Å². The fourth-order valence-corrected chi connectivity index (χ4v) is 1.09. The van der Waals surface area contributed by atoms with E-state index in [0.717, 1.165) is 0 Å². The molecule has 1 aromatic carbocycles. The van der Waals surface area contributed by atoms with Crippen molar-refractivity contribution in [2.75, 3.05) is 7.11 Å². The fraction of sp³-hybridized carbons (Fsp3) is 0.100. The van der Waals surface area contributed by atoms with Crippen LogP contribution in [-0.2, 0) is 4.79 Å². The number of nitro groups is 1. The average molecular weight is 207 g/mol. The van der Waals surface area contributed by atoms with Crippen molar-refractivity contribution in [3.8, 4) is 5.75 Å². The van der Waals surface area contributed by atoms with E-state index in [1.165, 1.54) is 31.4 Å². The zero-order valence-corrected chi connectivity index (χ0v) is 8.04. The Hall–Kier alpha value is -2.17. The molecule has 15 heavy (non-hydrogen) atoms. The second kappa shape index (κ2) is 4.90. The summed E-state index contributed by atoms with van der Waals surface area (Å²) < 4.78 is 4.87. The van der Waals surface area contributed by atoms with Crippen LogP contribution in [0.1, 0.15) is 5.56 Å². The number of hydrogen-bond donors (Lipinski definition) is 0. The van der Waals surface area contributed by atoms with E-state index in [4.69, 9.17) is 4.74 Å². The molecule has 5 nitrogen and oxygen atoms in total. The Labute approximate surface area is 86.1 Å². The summed E-state index contributed by atoms with van der Waals surface area (Å²) in [5.74, 6) is 0.407. The molecule has 0 aliphatic carbocycles. The summed E-state index contributed by atoms with van der Waals surface area (Å²) in [6.45, 7) is 0. The van der Waals surface area contributed by atoms with Crippen molar-refractivity contribution >= 4 is 18.0 Å². The van der Waals surface area contributed by atoms with Crippen LogP contribution in [0.15, 0.2) is 24.3 Å². The molecule has 0 saturated heterocycles. The van der Waals surface area contributed by atoms with Gasteiger partial charge in [0, 0.05) is 0 Å². The van der Waals surface area contributed by atoms with E-state index in [9.17, 15) is 14.9 Å². The molecule has 0 saturated carbocycles. The number of rotatable bonds is 4. The van der Waals surface area contributed by atoms with Crippen molar-refractivity contribution in [1.82, 2.24) is 0 Å². The van der Waals surface area contributed by atoms with Crippen LogP contribution in [0.3, 0.4) is 0 Å². The molecule has 78 valence electrons. The van der Waals surface area contributed by atoms with Gasteiger partial charge < -0.3 is 4.74 Å². The highest BCUT2D eigenvalue weighted by Crippen LogP contribution is 2.25. The number of hydrogen-bond acceptors (Lipinski definition) is 4. The molecule has 0 aliphatic heterocycles. The van der Waals surface area contributed by atoms with Crippen LogP contribution in [-0.4, -0.2) is 18.3 Å². The molecule has 0 aliphatic rings. The van der Waals surface area contributed by atoms with Crippen molar-refractivity contribution in [2.24, 2.45) is 0 Å². The van der Waals surface area contributed by atoms with Gasteiger partial charge in [-0.05, 0) is 24.3 Å². The molecule has 0 heterocycles. The molecule has 0 spiro atoms. The third-order valence-electron chi connectivity index (χ3n) is 1.79. The predicted molar refractivity (Wildman–Crippen MR) is 54.7 cm³/mol. The third kappa shape index (κ3) is 2.63. The van der Waals surface area contributed by atoms with E-state index < -0.39 is 4.92 Å². The first-order valence-electron chi connectivity index (χ1n) is 4.13. The van der Waals surface area contributed by atoms with Gasteiger partial charge in [-0.15, -0.1) is 0 Å². The van der Waals surface area contributed by atoms with Crippen LogP contribution >= 0.6 is 0 Å². The summed E-state index contributed by atoms with van der Waals surface area (Å²) in [6, 6.07) is 4.43. The number of allylic oxidation sites excluding steroid dienone is 1. The van der Waals surface area contributed by atoms with Crippen molar-refractivity contribution in [3.05, 3.63) is 40.0 Å². The minimum absolute atomic E-state index is 0.0903.